The molecule has 0 aliphatic heterocycles. The van der Waals surface area contributed by atoms with E-state index in [2.05, 4.69) is 15.4 Å². The van der Waals surface area contributed by atoms with Gasteiger partial charge in [0.05, 0.1) is 12.7 Å². The van der Waals surface area contributed by atoms with Gasteiger partial charge in [0.25, 0.3) is 5.91 Å². The molecule has 1 aromatic rings. The van der Waals surface area contributed by atoms with E-state index in [4.69, 9.17) is 4.74 Å². The van der Waals surface area contributed by atoms with Crippen LogP contribution >= 0.6 is 0 Å². The minimum absolute atomic E-state index is 0.117. The van der Waals surface area contributed by atoms with Crippen molar-refractivity contribution >= 4 is 23.8 Å². The van der Waals surface area contributed by atoms with E-state index >= 15 is 0 Å². The lowest BCUT2D eigenvalue weighted by atomic mass is 9.99. The maximum Gasteiger partial charge on any atom is 0.338 e. The second kappa shape index (κ2) is 10.9. The van der Waals surface area contributed by atoms with Crippen LogP contribution in [-0.2, 0) is 30.4 Å². The van der Waals surface area contributed by atoms with Crippen LogP contribution in [0.5, 0.6) is 0 Å². The molecule has 0 radical (unpaired) electrons. The molecule has 1 rings (SSSR count). The van der Waals surface area contributed by atoms with E-state index in [1.165, 1.54) is 14.0 Å². The Bertz CT molecular complexity index is 671. The molecule has 2 amide bonds. The van der Waals surface area contributed by atoms with Crippen molar-refractivity contribution in [1.29, 1.82) is 0 Å². The molecular formula is C19H26N2O6. The van der Waals surface area contributed by atoms with Gasteiger partial charge < -0.3 is 20.1 Å². The quantitative estimate of drug-likeness (QED) is 0.625. The third kappa shape index (κ3) is 7.47. The van der Waals surface area contributed by atoms with Gasteiger partial charge in [-0.1, -0.05) is 32.4 Å². The summed E-state index contributed by atoms with van der Waals surface area (Å²) in [6.07, 6.45) is 0.671. The maximum atomic E-state index is 12.0. The molecule has 8 heteroatoms. The van der Waals surface area contributed by atoms with Crippen molar-refractivity contribution in [1.82, 2.24) is 10.6 Å². The molecule has 2 unspecified atom stereocenters. The minimum Gasteiger partial charge on any atom is -0.467 e. The van der Waals surface area contributed by atoms with Gasteiger partial charge in [0.15, 0.2) is 6.61 Å². The molecule has 0 fully saturated rings. The van der Waals surface area contributed by atoms with Crippen LogP contribution in [0.3, 0.4) is 0 Å². The van der Waals surface area contributed by atoms with Crippen molar-refractivity contribution in [3.63, 3.8) is 0 Å². The summed E-state index contributed by atoms with van der Waals surface area (Å²) in [7, 11) is 1.25. The Kier molecular flexibility index (Phi) is 8.98. The molecule has 148 valence electrons. The normalized spacial score (nSPS) is 12.4. The predicted molar refractivity (Wildman–Crippen MR) is 97.6 cm³/mol. The van der Waals surface area contributed by atoms with Crippen LogP contribution in [0.25, 0.3) is 0 Å². The number of carbonyl (C=O) groups excluding carboxylic acids is 4. The second-order valence-corrected chi connectivity index (χ2v) is 6.14. The van der Waals surface area contributed by atoms with Gasteiger partial charge in [-0.3, -0.25) is 9.59 Å². The van der Waals surface area contributed by atoms with Crippen LogP contribution in [0.2, 0.25) is 0 Å². The summed E-state index contributed by atoms with van der Waals surface area (Å²) in [5.74, 6) is -2.05. The molecule has 0 aromatic heterocycles. The third-order valence-electron chi connectivity index (χ3n) is 4.05. The number of hydrogen-bond donors (Lipinski definition) is 2. The monoisotopic (exact) mass is 378 g/mol. The first kappa shape index (κ1) is 22.1. The summed E-state index contributed by atoms with van der Waals surface area (Å²) in [6, 6.07) is 5.67. The molecule has 0 aliphatic carbocycles. The van der Waals surface area contributed by atoms with Gasteiger partial charge in [-0.05, 0) is 23.6 Å². The van der Waals surface area contributed by atoms with Crippen molar-refractivity contribution in [2.24, 2.45) is 5.92 Å². The van der Waals surface area contributed by atoms with Crippen LogP contribution in [0.15, 0.2) is 24.3 Å². The number of carbonyl (C=O) groups is 4. The van der Waals surface area contributed by atoms with Crippen LogP contribution in [-0.4, -0.2) is 43.5 Å². The zero-order valence-corrected chi connectivity index (χ0v) is 16.0. The highest BCUT2D eigenvalue weighted by atomic mass is 16.5. The molecule has 8 nitrogen and oxygen atoms in total. The van der Waals surface area contributed by atoms with Crippen LogP contribution in [0.1, 0.15) is 43.1 Å². The highest BCUT2D eigenvalue weighted by molar-refractivity contribution is 5.92. The Morgan fingerprint density at radius 3 is 2.26 bits per heavy atom. The van der Waals surface area contributed by atoms with Crippen molar-refractivity contribution in [2.75, 3.05) is 13.7 Å². The first-order chi connectivity index (χ1) is 12.8. The summed E-state index contributed by atoms with van der Waals surface area (Å²) in [4.78, 5) is 46.7. The molecule has 0 saturated carbocycles. The lowest BCUT2D eigenvalue weighted by Crippen LogP contribution is -2.47. The average molecular weight is 378 g/mol. The average Bonchev–Trinajstić information content (AvgIpc) is 2.67. The smallest absolute Gasteiger partial charge is 0.338 e. The van der Waals surface area contributed by atoms with Crippen molar-refractivity contribution < 1.29 is 28.7 Å². The summed E-state index contributed by atoms with van der Waals surface area (Å²) in [6.45, 7) is 4.98. The largest absolute Gasteiger partial charge is 0.467 e. The molecule has 0 aliphatic rings. The van der Waals surface area contributed by atoms with Gasteiger partial charge in [0.1, 0.15) is 6.04 Å². The number of benzene rings is 1. The summed E-state index contributed by atoms with van der Waals surface area (Å²) in [5.41, 5.74) is 1.11. The Morgan fingerprint density at radius 2 is 1.74 bits per heavy atom. The summed E-state index contributed by atoms with van der Waals surface area (Å²) >= 11 is 0. The van der Waals surface area contributed by atoms with E-state index in [0.717, 1.165) is 5.56 Å². The van der Waals surface area contributed by atoms with Gasteiger partial charge in [-0.15, -0.1) is 0 Å². The SMILES string of the molecule is CCC(C)C(NC(=O)COC(=O)c1ccc(CNC(C)=O)cc1)C(=O)OC. The fourth-order valence-electron chi connectivity index (χ4n) is 2.21. The third-order valence-corrected chi connectivity index (χ3v) is 4.05. The molecule has 1 aromatic carbocycles. The van der Waals surface area contributed by atoms with Gasteiger partial charge in [0, 0.05) is 13.5 Å². The topological polar surface area (TPSA) is 111 Å². The fraction of sp³-hybridized carbons (Fsp3) is 0.474. The van der Waals surface area contributed by atoms with Crippen molar-refractivity contribution in [3.05, 3.63) is 35.4 Å². The van der Waals surface area contributed by atoms with Crippen LogP contribution in [0, 0.1) is 5.92 Å². The Morgan fingerprint density at radius 1 is 1.11 bits per heavy atom. The zero-order valence-electron chi connectivity index (χ0n) is 16.0. The highest BCUT2D eigenvalue weighted by Gasteiger charge is 2.27. The zero-order chi connectivity index (χ0) is 20.4. The van der Waals surface area contributed by atoms with Gasteiger partial charge in [-0.25, -0.2) is 9.59 Å². The lowest BCUT2D eigenvalue weighted by Gasteiger charge is -2.21. The van der Waals surface area contributed by atoms with Crippen molar-refractivity contribution in [3.8, 4) is 0 Å². The highest BCUT2D eigenvalue weighted by Crippen LogP contribution is 2.10. The molecule has 2 atom stereocenters. The number of hydrogen-bond acceptors (Lipinski definition) is 6. The molecular weight excluding hydrogens is 352 g/mol. The van der Waals surface area contributed by atoms with E-state index in [1.807, 2.05) is 13.8 Å². The Labute approximate surface area is 158 Å². The number of nitrogens with one attached hydrogen (secondary N) is 2. The minimum atomic E-state index is -0.792. The Hall–Kier alpha value is -2.90. The van der Waals surface area contributed by atoms with Crippen LogP contribution < -0.4 is 10.6 Å². The fourth-order valence-corrected chi connectivity index (χ4v) is 2.21. The van der Waals surface area contributed by atoms with Crippen LogP contribution in [0.4, 0.5) is 0 Å². The van der Waals surface area contributed by atoms with E-state index in [-0.39, 0.29) is 17.4 Å². The first-order valence-electron chi connectivity index (χ1n) is 8.66. The van der Waals surface area contributed by atoms with Crippen molar-refractivity contribution in [2.45, 2.75) is 39.8 Å². The standard InChI is InChI=1S/C19H26N2O6/c1-5-12(2)17(19(25)26-4)21-16(23)11-27-18(24)15-8-6-14(7-9-15)10-20-13(3)22/h6-9,12,17H,5,10-11H2,1-4H3,(H,20,22)(H,21,23). The molecule has 27 heavy (non-hydrogen) atoms. The van der Waals surface area contributed by atoms with E-state index in [1.54, 1.807) is 24.3 Å². The molecule has 0 heterocycles. The van der Waals surface area contributed by atoms with E-state index in [0.29, 0.717) is 13.0 Å². The summed E-state index contributed by atoms with van der Waals surface area (Å²) < 4.78 is 9.67. The van der Waals surface area contributed by atoms with Gasteiger partial charge in [0.2, 0.25) is 5.91 Å². The number of amides is 2. The number of methoxy groups -OCH3 is 1. The van der Waals surface area contributed by atoms with Gasteiger partial charge >= 0.3 is 11.9 Å². The molecule has 0 saturated heterocycles. The number of rotatable bonds is 9. The predicted octanol–water partition coefficient (Wildman–Crippen LogP) is 1.18. The second-order valence-electron chi connectivity index (χ2n) is 6.14. The first-order valence-corrected chi connectivity index (χ1v) is 8.66. The number of esters is 2. The summed E-state index contributed by atoms with van der Waals surface area (Å²) in [5, 5.41) is 5.18. The molecule has 2 N–H and O–H groups in total. The molecule has 0 bridgehead atoms. The molecule has 0 spiro atoms. The van der Waals surface area contributed by atoms with E-state index < -0.39 is 30.5 Å². The van der Waals surface area contributed by atoms with Gasteiger partial charge in [-0.2, -0.15) is 0 Å². The lowest BCUT2D eigenvalue weighted by molar-refractivity contribution is -0.147. The van der Waals surface area contributed by atoms with E-state index in [9.17, 15) is 19.2 Å². The number of ether oxygens (including phenoxy) is 2. The Balaban J connectivity index is 2.56. The maximum absolute atomic E-state index is 12.0.